The zero-order valence-electron chi connectivity index (χ0n) is 11.0. The quantitative estimate of drug-likeness (QED) is 0.886. The summed E-state index contributed by atoms with van der Waals surface area (Å²) in [5, 5.41) is 0. The van der Waals surface area contributed by atoms with Crippen LogP contribution in [0.1, 0.15) is 37.3 Å². The first-order valence-corrected chi connectivity index (χ1v) is 6.89. The molecule has 2 N–H and O–H groups in total. The van der Waals surface area contributed by atoms with Gasteiger partial charge in [0.05, 0.1) is 12.2 Å². The lowest BCUT2D eigenvalue weighted by molar-refractivity contribution is -0.0153. The van der Waals surface area contributed by atoms with Crippen LogP contribution in [-0.2, 0) is 11.2 Å². The Labute approximate surface area is 109 Å². The Morgan fingerprint density at radius 3 is 3.00 bits per heavy atom. The Hall–Kier alpha value is -1.12. The van der Waals surface area contributed by atoms with Crippen LogP contribution in [0.5, 0.6) is 0 Å². The molecule has 0 amide bonds. The number of hydrogen-bond donors (Lipinski definition) is 1. The Balaban J connectivity index is 1.97. The third-order valence-corrected chi connectivity index (χ3v) is 4.34. The van der Waals surface area contributed by atoms with E-state index >= 15 is 0 Å². The highest BCUT2D eigenvalue weighted by Gasteiger charge is 2.38. The third-order valence-electron chi connectivity index (χ3n) is 4.34. The molecule has 0 bridgehead atoms. The van der Waals surface area contributed by atoms with E-state index in [0.717, 1.165) is 38.8 Å². The third kappa shape index (κ3) is 1.80. The minimum Gasteiger partial charge on any atom is -0.371 e. The van der Waals surface area contributed by atoms with E-state index in [1.165, 1.54) is 22.3 Å². The van der Waals surface area contributed by atoms with E-state index < -0.39 is 0 Å². The first-order chi connectivity index (χ1) is 8.74. The van der Waals surface area contributed by atoms with Gasteiger partial charge in [0.25, 0.3) is 0 Å². The van der Waals surface area contributed by atoms with Gasteiger partial charge in [-0.2, -0.15) is 0 Å². The second-order valence-electron chi connectivity index (χ2n) is 5.51. The molecule has 1 atom stereocenters. The fourth-order valence-corrected chi connectivity index (χ4v) is 3.35. The van der Waals surface area contributed by atoms with E-state index in [0.29, 0.717) is 0 Å². The molecule has 0 spiro atoms. The Morgan fingerprint density at radius 2 is 2.17 bits per heavy atom. The summed E-state index contributed by atoms with van der Waals surface area (Å²) < 4.78 is 6.10. The second kappa shape index (κ2) is 4.52. The lowest BCUT2D eigenvalue weighted by atomic mass is 9.84. The lowest BCUT2D eigenvalue weighted by Gasteiger charge is -2.36. The Morgan fingerprint density at radius 1 is 1.33 bits per heavy atom. The predicted octanol–water partition coefficient (Wildman–Crippen LogP) is 2.91. The van der Waals surface area contributed by atoms with E-state index in [1.54, 1.807) is 0 Å². The van der Waals surface area contributed by atoms with Gasteiger partial charge in [-0.25, -0.2) is 0 Å². The summed E-state index contributed by atoms with van der Waals surface area (Å²) in [4.78, 5) is 0. The fourth-order valence-electron chi connectivity index (χ4n) is 3.35. The predicted molar refractivity (Wildman–Crippen MR) is 74.3 cm³/mol. The Kier molecular flexibility index (Phi) is 3.00. The number of rotatable bonds is 3. The smallest absolute Gasteiger partial charge is 0.0873 e. The van der Waals surface area contributed by atoms with Gasteiger partial charge in [-0.3, -0.25) is 0 Å². The van der Waals surface area contributed by atoms with Crippen molar-refractivity contribution in [3.63, 3.8) is 0 Å². The summed E-state index contributed by atoms with van der Waals surface area (Å²) >= 11 is 0. The molecule has 18 heavy (non-hydrogen) atoms. The minimum absolute atomic E-state index is 0.0913. The van der Waals surface area contributed by atoms with Crippen molar-refractivity contribution in [3.8, 4) is 0 Å². The monoisotopic (exact) mass is 243 g/mol. The van der Waals surface area contributed by atoms with Gasteiger partial charge in [0.2, 0.25) is 0 Å². The van der Waals surface area contributed by atoms with Crippen molar-refractivity contribution >= 4 is 5.57 Å². The highest BCUT2D eigenvalue weighted by atomic mass is 16.5. The van der Waals surface area contributed by atoms with Crippen LogP contribution < -0.4 is 5.73 Å². The van der Waals surface area contributed by atoms with Gasteiger partial charge in [0.15, 0.2) is 0 Å². The van der Waals surface area contributed by atoms with Crippen molar-refractivity contribution in [1.29, 1.82) is 0 Å². The molecule has 1 heterocycles. The molecule has 0 saturated carbocycles. The summed E-state index contributed by atoms with van der Waals surface area (Å²) in [5.74, 6) is 0. The molecule has 1 aliphatic carbocycles. The molecule has 3 rings (SSSR count). The van der Waals surface area contributed by atoms with E-state index in [9.17, 15) is 0 Å². The largest absolute Gasteiger partial charge is 0.371 e. The molecular weight excluding hydrogens is 222 g/mol. The highest BCUT2D eigenvalue weighted by Crippen LogP contribution is 2.45. The topological polar surface area (TPSA) is 35.2 Å². The zero-order chi connectivity index (χ0) is 12.6. The van der Waals surface area contributed by atoms with E-state index in [1.807, 2.05) is 0 Å². The summed E-state index contributed by atoms with van der Waals surface area (Å²) in [5.41, 5.74) is 11.5. The fraction of sp³-hybridized carbons (Fsp3) is 0.500. The molecule has 1 aliphatic heterocycles. The Bertz CT molecular complexity index is 492. The average molecular weight is 243 g/mol. The highest BCUT2D eigenvalue weighted by molar-refractivity contribution is 5.78. The molecule has 96 valence electrons. The second-order valence-corrected chi connectivity index (χ2v) is 5.51. The minimum atomic E-state index is -0.0913. The summed E-state index contributed by atoms with van der Waals surface area (Å²) in [7, 11) is 0. The van der Waals surface area contributed by atoms with Crippen LogP contribution in [0.4, 0.5) is 0 Å². The van der Waals surface area contributed by atoms with Gasteiger partial charge in [-0.15, -0.1) is 0 Å². The lowest BCUT2D eigenvalue weighted by Crippen LogP contribution is -2.36. The summed E-state index contributed by atoms with van der Waals surface area (Å²) in [6, 6.07) is 8.78. The molecule has 1 aromatic rings. The standard InChI is InChI=1S/C16H21NO/c1-16(8-4-9-17)15-11-12-5-2-3-6-13(12)14(15)7-10-18-16/h2-3,5-6H,4,7-11,17H2,1H3. The van der Waals surface area contributed by atoms with Crippen LogP contribution in [0.25, 0.3) is 5.57 Å². The summed E-state index contributed by atoms with van der Waals surface area (Å²) in [6.07, 6.45) is 4.19. The van der Waals surface area contributed by atoms with Crippen LogP contribution in [0, 0.1) is 0 Å². The molecule has 0 radical (unpaired) electrons. The van der Waals surface area contributed by atoms with Crippen molar-refractivity contribution in [2.75, 3.05) is 13.2 Å². The molecular formula is C16H21NO. The van der Waals surface area contributed by atoms with E-state index in [-0.39, 0.29) is 5.60 Å². The van der Waals surface area contributed by atoms with Crippen molar-refractivity contribution < 1.29 is 4.74 Å². The zero-order valence-corrected chi connectivity index (χ0v) is 11.0. The van der Waals surface area contributed by atoms with Crippen LogP contribution in [0.3, 0.4) is 0 Å². The molecule has 2 heteroatoms. The van der Waals surface area contributed by atoms with Crippen LogP contribution in [0.2, 0.25) is 0 Å². The van der Waals surface area contributed by atoms with Crippen molar-refractivity contribution in [2.24, 2.45) is 5.73 Å². The first-order valence-electron chi connectivity index (χ1n) is 6.89. The number of ether oxygens (including phenoxy) is 1. The summed E-state index contributed by atoms with van der Waals surface area (Å²) in [6.45, 7) is 3.83. The van der Waals surface area contributed by atoms with Gasteiger partial charge < -0.3 is 10.5 Å². The van der Waals surface area contributed by atoms with Gasteiger partial charge in [0, 0.05) is 0 Å². The maximum absolute atomic E-state index is 6.10. The number of hydrogen-bond acceptors (Lipinski definition) is 2. The molecule has 1 unspecified atom stereocenters. The van der Waals surface area contributed by atoms with Gasteiger partial charge in [-0.1, -0.05) is 24.3 Å². The molecule has 2 nitrogen and oxygen atoms in total. The molecule has 0 saturated heterocycles. The van der Waals surface area contributed by atoms with Crippen LogP contribution >= 0.6 is 0 Å². The molecule has 2 aliphatic rings. The molecule has 0 fully saturated rings. The van der Waals surface area contributed by atoms with Crippen molar-refractivity contribution in [2.45, 2.75) is 38.2 Å². The number of fused-ring (bicyclic) bond motifs is 2. The number of benzene rings is 1. The number of nitrogens with two attached hydrogens (primary N) is 1. The van der Waals surface area contributed by atoms with E-state index in [2.05, 4.69) is 31.2 Å². The van der Waals surface area contributed by atoms with Crippen molar-refractivity contribution in [1.82, 2.24) is 0 Å². The average Bonchev–Trinajstić information content (AvgIpc) is 2.77. The normalized spacial score (nSPS) is 26.1. The van der Waals surface area contributed by atoms with Gasteiger partial charge >= 0.3 is 0 Å². The van der Waals surface area contributed by atoms with Crippen LogP contribution in [-0.4, -0.2) is 18.8 Å². The molecule has 1 aromatic carbocycles. The van der Waals surface area contributed by atoms with E-state index in [4.69, 9.17) is 10.5 Å². The first kappa shape index (κ1) is 11.9. The van der Waals surface area contributed by atoms with Gasteiger partial charge in [0.1, 0.15) is 0 Å². The van der Waals surface area contributed by atoms with Crippen molar-refractivity contribution in [3.05, 3.63) is 41.0 Å². The SMILES string of the molecule is CC1(CCCN)OCCC2=C1Cc1ccccc12. The van der Waals surface area contributed by atoms with Crippen LogP contribution in [0.15, 0.2) is 29.8 Å². The maximum atomic E-state index is 6.10. The van der Waals surface area contributed by atoms with Gasteiger partial charge in [-0.05, 0) is 61.4 Å². The maximum Gasteiger partial charge on any atom is 0.0873 e. The molecule has 0 aromatic heterocycles.